The normalized spacial score (nSPS) is 14.9. The molecule has 1 aliphatic rings. The van der Waals surface area contributed by atoms with Crippen LogP contribution in [0.4, 0.5) is 0 Å². The summed E-state index contributed by atoms with van der Waals surface area (Å²) in [7, 11) is 0. The zero-order valence-electron chi connectivity index (χ0n) is 17.8. The Bertz CT molecular complexity index is 1390. The van der Waals surface area contributed by atoms with Crippen molar-refractivity contribution in [1.29, 1.82) is 0 Å². The maximum absolute atomic E-state index is 5.10. The highest BCUT2D eigenvalue weighted by atomic mass is 15.1. The molecule has 1 fully saturated rings. The molecule has 0 spiro atoms. The SMILES string of the molecule is [NH3+]C1(c2ccc(-c3nc4c[nH+]c(-c5cn[nH]c5)cc4cc3-c3ccccc3)cc2)CCC1. The molecule has 2 aromatic carbocycles. The van der Waals surface area contributed by atoms with Gasteiger partial charge in [0, 0.05) is 47.2 Å². The second-order valence-electron chi connectivity index (χ2n) is 8.77. The van der Waals surface area contributed by atoms with Crippen molar-refractivity contribution in [2.24, 2.45) is 0 Å². The van der Waals surface area contributed by atoms with Gasteiger partial charge in [0.15, 0.2) is 6.20 Å². The third kappa shape index (κ3) is 3.18. The Morgan fingerprint density at radius 2 is 1.72 bits per heavy atom. The summed E-state index contributed by atoms with van der Waals surface area (Å²) in [4.78, 5) is 8.47. The number of nitrogens with one attached hydrogen (secondary N) is 2. The summed E-state index contributed by atoms with van der Waals surface area (Å²) < 4.78 is 0. The van der Waals surface area contributed by atoms with Crippen LogP contribution in [0, 0.1) is 0 Å². The minimum absolute atomic E-state index is 0.0933. The molecule has 6 rings (SSSR count). The molecule has 0 saturated heterocycles. The molecule has 0 aliphatic heterocycles. The number of aromatic nitrogens is 4. The van der Waals surface area contributed by atoms with Crippen LogP contribution in [0.15, 0.2) is 85.3 Å². The zero-order valence-corrected chi connectivity index (χ0v) is 17.8. The number of nitrogens with zero attached hydrogens (tertiary/aromatic N) is 2. The van der Waals surface area contributed by atoms with E-state index in [4.69, 9.17) is 4.98 Å². The lowest BCUT2D eigenvalue weighted by Gasteiger charge is -2.34. The van der Waals surface area contributed by atoms with Crippen LogP contribution in [0.3, 0.4) is 0 Å². The minimum atomic E-state index is 0.0933. The van der Waals surface area contributed by atoms with Crippen molar-refractivity contribution in [1.82, 2.24) is 15.2 Å². The van der Waals surface area contributed by atoms with Crippen LogP contribution in [0.5, 0.6) is 0 Å². The summed E-state index contributed by atoms with van der Waals surface area (Å²) in [5.74, 6) is 0. The Morgan fingerprint density at radius 1 is 0.906 bits per heavy atom. The fraction of sp³-hybridized carbons (Fsp3) is 0.148. The summed E-state index contributed by atoms with van der Waals surface area (Å²) in [6, 6.07) is 23.7. The number of quaternary nitrogens is 1. The summed E-state index contributed by atoms with van der Waals surface area (Å²) in [6.45, 7) is 0. The van der Waals surface area contributed by atoms with Crippen LogP contribution in [-0.2, 0) is 5.54 Å². The number of benzene rings is 2. The van der Waals surface area contributed by atoms with Gasteiger partial charge < -0.3 is 5.73 Å². The molecule has 5 heteroatoms. The number of hydrogen-bond donors (Lipinski definition) is 2. The summed E-state index contributed by atoms with van der Waals surface area (Å²) >= 11 is 0. The lowest BCUT2D eigenvalue weighted by Crippen LogP contribution is -2.73. The highest BCUT2D eigenvalue weighted by Gasteiger charge is 2.38. The van der Waals surface area contributed by atoms with Crippen LogP contribution >= 0.6 is 0 Å². The molecular formula is C27H25N5+2. The first-order chi connectivity index (χ1) is 15.7. The monoisotopic (exact) mass is 419 g/mol. The first kappa shape index (κ1) is 18.9. The van der Waals surface area contributed by atoms with E-state index in [1.807, 2.05) is 24.7 Å². The van der Waals surface area contributed by atoms with Crippen LogP contribution < -0.4 is 10.7 Å². The van der Waals surface area contributed by atoms with Gasteiger partial charge in [-0.25, -0.2) is 9.97 Å². The molecule has 5 nitrogen and oxygen atoms in total. The standard InChI is InChI=1S/C27H23N5/c28-27(11-4-12-27)22-9-7-19(8-10-22)26-23(18-5-2-1-3-6-18)13-20-14-24(21-15-30-31-16-21)29-17-25(20)32-26/h1-3,5-10,13-17H,4,11-12,28H2,(H,30,31)/p+2. The van der Waals surface area contributed by atoms with E-state index in [1.165, 1.54) is 24.8 Å². The zero-order chi connectivity index (χ0) is 21.5. The fourth-order valence-electron chi connectivity index (χ4n) is 4.61. The van der Waals surface area contributed by atoms with Crippen LogP contribution in [-0.4, -0.2) is 15.2 Å². The predicted molar refractivity (Wildman–Crippen MR) is 125 cm³/mol. The van der Waals surface area contributed by atoms with E-state index < -0.39 is 0 Å². The van der Waals surface area contributed by atoms with Crippen molar-refractivity contribution in [2.75, 3.05) is 0 Å². The van der Waals surface area contributed by atoms with Crippen LogP contribution in [0.25, 0.3) is 44.5 Å². The molecule has 5 aromatic rings. The van der Waals surface area contributed by atoms with Gasteiger partial charge in [-0.1, -0.05) is 54.6 Å². The minimum Gasteiger partial charge on any atom is -0.349 e. The van der Waals surface area contributed by atoms with Crippen LogP contribution in [0.2, 0.25) is 0 Å². The van der Waals surface area contributed by atoms with E-state index in [0.29, 0.717) is 0 Å². The van der Waals surface area contributed by atoms with E-state index in [1.54, 1.807) is 0 Å². The summed E-state index contributed by atoms with van der Waals surface area (Å²) in [5.41, 5.74) is 13.2. The first-order valence-corrected chi connectivity index (χ1v) is 11.1. The maximum Gasteiger partial charge on any atom is 0.214 e. The lowest BCUT2D eigenvalue weighted by molar-refractivity contribution is -0.509. The number of pyridine rings is 2. The quantitative estimate of drug-likeness (QED) is 0.453. The fourth-order valence-corrected chi connectivity index (χ4v) is 4.61. The van der Waals surface area contributed by atoms with Gasteiger partial charge in [-0.3, -0.25) is 5.10 Å². The van der Waals surface area contributed by atoms with Gasteiger partial charge in [0.05, 0.1) is 17.5 Å². The largest absolute Gasteiger partial charge is 0.349 e. The Labute approximate surface area is 186 Å². The second-order valence-corrected chi connectivity index (χ2v) is 8.77. The number of aromatic amines is 2. The van der Waals surface area contributed by atoms with Crippen molar-refractivity contribution >= 4 is 10.9 Å². The van der Waals surface area contributed by atoms with Gasteiger partial charge in [-0.2, -0.15) is 5.10 Å². The van der Waals surface area contributed by atoms with E-state index in [0.717, 1.165) is 44.5 Å². The molecule has 0 radical (unpaired) electrons. The van der Waals surface area contributed by atoms with Gasteiger partial charge >= 0.3 is 0 Å². The number of fused-ring (bicyclic) bond motifs is 1. The van der Waals surface area contributed by atoms with Gasteiger partial charge in [-0.05, 0) is 18.1 Å². The van der Waals surface area contributed by atoms with Crippen molar-refractivity contribution < 1.29 is 10.7 Å². The number of rotatable bonds is 4. The highest BCUT2D eigenvalue weighted by Crippen LogP contribution is 2.39. The van der Waals surface area contributed by atoms with E-state index >= 15 is 0 Å². The Balaban J connectivity index is 1.51. The summed E-state index contributed by atoms with van der Waals surface area (Å²) in [6.07, 6.45) is 9.29. The average Bonchev–Trinajstić information content (AvgIpc) is 3.37. The predicted octanol–water partition coefficient (Wildman–Crippen LogP) is 4.39. The topological polar surface area (TPSA) is 83.3 Å². The molecular weight excluding hydrogens is 394 g/mol. The molecule has 5 N–H and O–H groups in total. The molecule has 1 aliphatic carbocycles. The molecule has 156 valence electrons. The van der Waals surface area contributed by atoms with E-state index in [9.17, 15) is 0 Å². The molecule has 0 atom stereocenters. The Kier molecular flexibility index (Phi) is 4.37. The number of H-pyrrole nitrogens is 2. The van der Waals surface area contributed by atoms with E-state index in [2.05, 4.69) is 81.6 Å². The van der Waals surface area contributed by atoms with Gasteiger partial charge in [0.2, 0.25) is 5.69 Å². The van der Waals surface area contributed by atoms with Gasteiger partial charge in [0.1, 0.15) is 11.1 Å². The third-order valence-electron chi connectivity index (χ3n) is 6.72. The molecule has 32 heavy (non-hydrogen) atoms. The Morgan fingerprint density at radius 3 is 2.41 bits per heavy atom. The van der Waals surface area contributed by atoms with Gasteiger partial charge in [-0.15, -0.1) is 0 Å². The molecule has 0 bridgehead atoms. The molecule has 0 unspecified atom stereocenters. The number of hydrogen-bond acceptors (Lipinski definition) is 2. The molecule has 0 amide bonds. The van der Waals surface area contributed by atoms with E-state index in [-0.39, 0.29) is 5.54 Å². The van der Waals surface area contributed by atoms with Crippen molar-refractivity contribution in [3.05, 3.63) is 90.9 Å². The van der Waals surface area contributed by atoms with Crippen molar-refractivity contribution in [3.8, 4) is 33.6 Å². The molecule has 3 heterocycles. The lowest BCUT2D eigenvalue weighted by atomic mass is 9.72. The van der Waals surface area contributed by atoms with Crippen molar-refractivity contribution in [2.45, 2.75) is 24.8 Å². The van der Waals surface area contributed by atoms with Crippen molar-refractivity contribution in [3.63, 3.8) is 0 Å². The maximum atomic E-state index is 5.10. The van der Waals surface area contributed by atoms with Gasteiger partial charge in [0.25, 0.3) is 0 Å². The van der Waals surface area contributed by atoms with Crippen LogP contribution in [0.1, 0.15) is 24.8 Å². The summed E-state index contributed by atoms with van der Waals surface area (Å²) in [5, 5.41) is 8.03. The molecule has 3 aromatic heterocycles. The second kappa shape index (κ2) is 7.39. The third-order valence-corrected chi connectivity index (χ3v) is 6.72. The first-order valence-electron chi connectivity index (χ1n) is 11.1. The average molecular weight is 420 g/mol. The highest BCUT2D eigenvalue weighted by molar-refractivity contribution is 5.92. The smallest absolute Gasteiger partial charge is 0.214 e. The Hall–Kier alpha value is -3.83. The molecule has 1 saturated carbocycles.